The summed E-state index contributed by atoms with van der Waals surface area (Å²) in [5.74, 6) is 0.407. The highest BCUT2D eigenvalue weighted by molar-refractivity contribution is 5.93. The maximum atomic E-state index is 13.0. The zero-order valence-electron chi connectivity index (χ0n) is 15.1. The summed E-state index contributed by atoms with van der Waals surface area (Å²) in [5.41, 5.74) is 4.83. The highest BCUT2D eigenvalue weighted by atomic mass is 16.2. The molecule has 0 aliphatic heterocycles. The molecule has 4 heteroatoms. The molecule has 1 aliphatic carbocycles. The van der Waals surface area contributed by atoms with E-state index in [2.05, 4.69) is 24.4 Å². The lowest BCUT2D eigenvalue weighted by Crippen LogP contribution is -2.29. The summed E-state index contributed by atoms with van der Waals surface area (Å²) in [6, 6.07) is 19.9. The van der Waals surface area contributed by atoms with Gasteiger partial charge in [0.25, 0.3) is 5.91 Å². The maximum Gasteiger partial charge on any atom is 0.270 e. The molecule has 1 fully saturated rings. The second-order valence-electron chi connectivity index (χ2n) is 7.03. The molecule has 0 spiro atoms. The third kappa shape index (κ3) is 3.27. The van der Waals surface area contributed by atoms with Crippen LogP contribution >= 0.6 is 0 Å². The van der Waals surface area contributed by atoms with E-state index in [0.29, 0.717) is 11.6 Å². The van der Waals surface area contributed by atoms with Crippen LogP contribution in [0, 0.1) is 6.92 Å². The highest BCUT2D eigenvalue weighted by Gasteiger charge is 2.29. The van der Waals surface area contributed by atoms with E-state index in [1.165, 1.54) is 5.56 Å². The van der Waals surface area contributed by atoms with Gasteiger partial charge in [-0.1, -0.05) is 42.5 Å². The molecule has 1 atom stereocenters. The number of benzene rings is 2. The van der Waals surface area contributed by atoms with Crippen LogP contribution in [0.15, 0.2) is 60.7 Å². The Morgan fingerprint density at radius 2 is 1.81 bits per heavy atom. The molecular formula is C22H23N3O. The van der Waals surface area contributed by atoms with Crippen LogP contribution in [0.3, 0.4) is 0 Å². The molecule has 26 heavy (non-hydrogen) atoms. The van der Waals surface area contributed by atoms with Crippen molar-refractivity contribution in [2.75, 3.05) is 0 Å². The predicted molar refractivity (Wildman–Crippen MR) is 103 cm³/mol. The van der Waals surface area contributed by atoms with Gasteiger partial charge in [0.05, 0.1) is 17.4 Å². The van der Waals surface area contributed by atoms with Gasteiger partial charge in [-0.05, 0) is 56.0 Å². The highest BCUT2D eigenvalue weighted by Crippen LogP contribution is 2.39. The fraction of sp³-hybridized carbons (Fsp3) is 0.273. The topological polar surface area (TPSA) is 46.9 Å². The summed E-state index contributed by atoms with van der Waals surface area (Å²) < 4.78 is 1.77. The van der Waals surface area contributed by atoms with E-state index >= 15 is 0 Å². The Morgan fingerprint density at radius 1 is 1.12 bits per heavy atom. The molecule has 1 saturated carbocycles. The fourth-order valence-electron chi connectivity index (χ4n) is 3.33. The third-order valence-corrected chi connectivity index (χ3v) is 4.96. The van der Waals surface area contributed by atoms with E-state index in [9.17, 15) is 4.79 Å². The number of amides is 1. The minimum absolute atomic E-state index is 0.0628. The quantitative estimate of drug-likeness (QED) is 0.737. The summed E-state index contributed by atoms with van der Waals surface area (Å²) in [6.45, 7) is 4.09. The van der Waals surface area contributed by atoms with Gasteiger partial charge in [0.1, 0.15) is 5.69 Å². The van der Waals surface area contributed by atoms with Crippen LogP contribution in [0.1, 0.15) is 59.0 Å². The van der Waals surface area contributed by atoms with Crippen LogP contribution in [0.2, 0.25) is 0 Å². The van der Waals surface area contributed by atoms with Gasteiger partial charge in [0.2, 0.25) is 0 Å². The van der Waals surface area contributed by atoms with Crippen molar-refractivity contribution in [3.05, 3.63) is 83.2 Å². The van der Waals surface area contributed by atoms with Gasteiger partial charge in [0, 0.05) is 5.92 Å². The number of aryl methyl sites for hydroxylation is 1. The number of carbonyl (C=O) groups excluding carboxylic acids is 1. The number of para-hydroxylation sites is 1. The molecule has 1 aromatic heterocycles. The lowest BCUT2D eigenvalue weighted by Gasteiger charge is -2.17. The van der Waals surface area contributed by atoms with E-state index in [0.717, 1.165) is 29.8 Å². The molecule has 132 valence electrons. The lowest BCUT2D eigenvalue weighted by molar-refractivity contribution is 0.0932. The van der Waals surface area contributed by atoms with Crippen LogP contribution < -0.4 is 5.32 Å². The van der Waals surface area contributed by atoms with Gasteiger partial charge in [-0.25, -0.2) is 4.68 Å². The molecule has 1 aliphatic rings. The number of nitrogens with one attached hydrogen (secondary N) is 1. The minimum atomic E-state index is -0.0935. The second kappa shape index (κ2) is 6.79. The molecule has 3 aromatic rings. The smallest absolute Gasteiger partial charge is 0.270 e. The SMILES string of the molecule is Cc1ccccc1C(C)NC(=O)c1cc(C2CC2)nn1-c1ccccc1. The van der Waals surface area contributed by atoms with Gasteiger partial charge in [-0.2, -0.15) is 5.10 Å². The molecule has 1 N–H and O–H groups in total. The van der Waals surface area contributed by atoms with Crippen LogP contribution in [0.25, 0.3) is 5.69 Å². The summed E-state index contributed by atoms with van der Waals surface area (Å²) in [6.07, 6.45) is 2.32. The lowest BCUT2D eigenvalue weighted by atomic mass is 10.0. The molecule has 0 saturated heterocycles. The van der Waals surface area contributed by atoms with E-state index < -0.39 is 0 Å². The number of carbonyl (C=O) groups is 1. The van der Waals surface area contributed by atoms with E-state index in [4.69, 9.17) is 5.10 Å². The molecule has 2 aromatic carbocycles. The molecule has 0 radical (unpaired) electrons. The number of nitrogens with zero attached hydrogens (tertiary/aromatic N) is 2. The molecule has 4 nitrogen and oxygen atoms in total. The largest absolute Gasteiger partial charge is 0.344 e. The minimum Gasteiger partial charge on any atom is -0.344 e. The predicted octanol–water partition coefficient (Wildman–Crippen LogP) is 4.55. The van der Waals surface area contributed by atoms with Gasteiger partial charge in [-0.3, -0.25) is 4.79 Å². The van der Waals surface area contributed by atoms with Crippen LogP contribution in [-0.4, -0.2) is 15.7 Å². The Morgan fingerprint density at radius 3 is 2.50 bits per heavy atom. The molecule has 1 unspecified atom stereocenters. The average Bonchev–Trinajstić information content (AvgIpc) is 3.41. The van der Waals surface area contributed by atoms with Crippen LogP contribution in [0.5, 0.6) is 0 Å². The maximum absolute atomic E-state index is 13.0. The van der Waals surface area contributed by atoms with Crippen molar-refractivity contribution in [2.24, 2.45) is 0 Å². The Balaban J connectivity index is 1.64. The zero-order chi connectivity index (χ0) is 18.1. The molecule has 1 heterocycles. The monoisotopic (exact) mass is 345 g/mol. The first-order valence-corrected chi connectivity index (χ1v) is 9.15. The van der Waals surface area contributed by atoms with Crippen LogP contribution in [0.4, 0.5) is 0 Å². The number of hydrogen-bond acceptors (Lipinski definition) is 2. The summed E-state index contributed by atoms with van der Waals surface area (Å²) in [4.78, 5) is 13.0. The Labute approximate surface area is 153 Å². The average molecular weight is 345 g/mol. The van der Waals surface area contributed by atoms with E-state index in [1.807, 2.05) is 55.5 Å². The van der Waals surface area contributed by atoms with Gasteiger partial charge < -0.3 is 5.32 Å². The standard InChI is InChI=1S/C22H23N3O/c1-15-8-6-7-11-19(15)16(2)23-22(26)21-14-20(17-12-13-17)24-25(21)18-9-4-3-5-10-18/h3-11,14,16-17H,12-13H2,1-2H3,(H,23,26). The Bertz CT molecular complexity index is 926. The van der Waals surface area contributed by atoms with E-state index in [1.54, 1.807) is 4.68 Å². The zero-order valence-corrected chi connectivity index (χ0v) is 15.1. The molecule has 1 amide bonds. The molecule has 4 rings (SSSR count). The molecule has 0 bridgehead atoms. The second-order valence-corrected chi connectivity index (χ2v) is 7.03. The van der Waals surface area contributed by atoms with Crippen LogP contribution in [-0.2, 0) is 0 Å². The Kier molecular flexibility index (Phi) is 4.33. The van der Waals surface area contributed by atoms with Crippen molar-refractivity contribution < 1.29 is 4.79 Å². The third-order valence-electron chi connectivity index (χ3n) is 4.96. The Hall–Kier alpha value is -2.88. The number of aromatic nitrogens is 2. The first-order valence-electron chi connectivity index (χ1n) is 9.15. The van der Waals surface area contributed by atoms with Gasteiger partial charge >= 0.3 is 0 Å². The van der Waals surface area contributed by atoms with Gasteiger partial charge in [-0.15, -0.1) is 0 Å². The van der Waals surface area contributed by atoms with Gasteiger partial charge in [0.15, 0.2) is 0 Å². The first-order chi connectivity index (χ1) is 12.6. The fourth-order valence-corrected chi connectivity index (χ4v) is 3.33. The normalized spacial score (nSPS) is 14.8. The summed E-state index contributed by atoms with van der Waals surface area (Å²) in [5, 5.41) is 7.85. The van der Waals surface area contributed by atoms with Crippen molar-refractivity contribution in [3.8, 4) is 5.69 Å². The molecular weight excluding hydrogens is 322 g/mol. The van der Waals surface area contributed by atoms with E-state index in [-0.39, 0.29) is 11.9 Å². The van der Waals surface area contributed by atoms with Crippen molar-refractivity contribution in [1.82, 2.24) is 15.1 Å². The van der Waals surface area contributed by atoms with Crippen molar-refractivity contribution in [1.29, 1.82) is 0 Å². The summed E-state index contributed by atoms with van der Waals surface area (Å²) in [7, 11) is 0. The first kappa shape index (κ1) is 16.6. The van der Waals surface area contributed by atoms with Crippen molar-refractivity contribution >= 4 is 5.91 Å². The van der Waals surface area contributed by atoms with Crippen molar-refractivity contribution in [3.63, 3.8) is 0 Å². The summed E-state index contributed by atoms with van der Waals surface area (Å²) >= 11 is 0. The number of rotatable bonds is 5. The van der Waals surface area contributed by atoms with Crippen molar-refractivity contribution in [2.45, 2.75) is 38.6 Å². The number of hydrogen-bond donors (Lipinski definition) is 1.